The maximum absolute atomic E-state index is 11.6. The molecule has 0 bridgehead atoms. The van der Waals surface area contributed by atoms with Crippen molar-refractivity contribution in [3.8, 4) is 0 Å². The van der Waals surface area contributed by atoms with Gasteiger partial charge in [0.25, 0.3) is 0 Å². The Morgan fingerprint density at radius 1 is 1.33 bits per heavy atom. The molecule has 6 nitrogen and oxygen atoms in total. The molecule has 0 aliphatic carbocycles. The van der Waals surface area contributed by atoms with E-state index in [4.69, 9.17) is 0 Å². The van der Waals surface area contributed by atoms with Crippen molar-refractivity contribution in [2.75, 3.05) is 18.1 Å². The zero-order valence-corrected chi connectivity index (χ0v) is 12.6. The van der Waals surface area contributed by atoms with Gasteiger partial charge in [-0.3, -0.25) is 4.90 Å². The first-order chi connectivity index (χ1) is 9.84. The Morgan fingerprint density at radius 3 is 2.52 bits per heavy atom. The van der Waals surface area contributed by atoms with Gasteiger partial charge in [-0.15, -0.1) is 0 Å². The van der Waals surface area contributed by atoms with Crippen LogP contribution in [0.1, 0.15) is 22.8 Å². The van der Waals surface area contributed by atoms with Crippen molar-refractivity contribution < 1.29 is 23.4 Å². The van der Waals surface area contributed by atoms with E-state index in [1.807, 2.05) is 11.8 Å². The summed E-state index contributed by atoms with van der Waals surface area (Å²) in [6.45, 7) is 2.70. The van der Waals surface area contributed by atoms with Gasteiger partial charge in [0.15, 0.2) is 9.84 Å². The van der Waals surface area contributed by atoms with E-state index in [0.29, 0.717) is 18.7 Å². The van der Waals surface area contributed by atoms with Crippen molar-refractivity contribution in [2.45, 2.75) is 25.6 Å². The lowest BCUT2D eigenvalue weighted by atomic mass is 10.1. The van der Waals surface area contributed by atoms with Crippen molar-refractivity contribution in [2.24, 2.45) is 0 Å². The Labute approximate surface area is 123 Å². The molecule has 1 aromatic carbocycles. The fraction of sp³-hybridized carbons (Fsp3) is 0.500. The molecule has 1 heterocycles. The maximum atomic E-state index is 11.6. The van der Waals surface area contributed by atoms with E-state index in [1.165, 1.54) is 6.07 Å². The lowest BCUT2D eigenvalue weighted by Crippen LogP contribution is -2.42. The van der Waals surface area contributed by atoms with E-state index >= 15 is 0 Å². The number of nitrogens with zero attached hydrogens (tertiary/aromatic N) is 1. The van der Waals surface area contributed by atoms with E-state index in [2.05, 4.69) is 0 Å². The van der Waals surface area contributed by atoms with Gasteiger partial charge in [-0.1, -0.05) is 25.1 Å². The quantitative estimate of drug-likeness (QED) is 0.815. The van der Waals surface area contributed by atoms with Crippen LogP contribution in [0.5, 0.6) is 0 Å². The van der Waals surface area contributed by atoms with Crippen LogP contribution in [-0.4, -0.2) is 59.7 Å². The molecule has 1 saturated heterocycles. The van der Waals surface area contributed by atoms with Crippen LogP contribution < -0.4 is 0 Å². The van der Waals surface area contributed by atoms with Crippen LogP contribution in [0.4, 0.5) is 0 Å². The van der Waals surface area contributed by atoms with Crippen LogP contribution in [0.2, 0.25) is 0 Å². The summed E-state index contributed by atoms with van der Waals surface area (Å²) >= 11 is 0. The van der Waals surface area contributed by atoms with Gasteiger partial charge >= 0.3 is 5.97 Å². The Hall–Kier alpha value is -1.44. The van der Waals surface area contributed by atoms with Gasteiger partial charge in [0, 0.05) is 6.54 Å². The van der Waals surface area contributed by atoms with Crippen LogP contribution in [0.25, 0.3) is 0 Å². The highest BCUT2D eigenvalue weighted by molar-refractivity contribution is 7.91. The van der Waals surface area contributed by atoms with Crippen LogP contribution in [0.15, 0.2) is 24.3 Å². The first-order valence-electron chi connectivity index (χ1n) is 6.78. The fourth-order valence-corrected chi connectivity index (χ4v) is 4.54. The van der Waals surface area contributed by atoms with Gasteiger partial charge < -0.3 is 10.2 Å². The molecule has 2 rings (SSSR count). The number of likely N-dealkylation sites (N-methyl/N-ethyl adjacent to an activating group) is 1. The lowest BCUT2D eigenvalue weighted by Gasteiger charge is -2.29. The highest BCUT2D eigenvalue weighted by Gasteiger charge is 2.39. The molecule has 1 aliphatic heterocycles. The second kappa shape index (κ2) is 6.13. The Morgan fingerprint density at radius 2 is 2.00 bits per heavy atom. The third-order valence-electron chi connectivity index (χ3n) is 3.79. The predicted molar refractivity (Wildman–Crippen MR) is 77.9 cm³/mol. The zero-order valence-electron chi connectivity index (χ0n) is 11.8. The van der Waals surface area contributed by atoms with E-state index in [-0.39, 0.29) is 17.1 Å². The van der Waals surface area contributed by atoms with Crippen molar-refractivity contribution in [1.82, 2.24) is 4.90 Å². The summed E-state index contributed by atoms with van der Waals surface area (Å²) in [6, 6.07) is 6.15. The highest BCUT2D eigenvalue weighted by Crippen LogP contribution is 2.21. The zero-order chi connectivity index (χ0) is 15.6. The molecule has 1 aliphatic rings. The first-order valence-corrected chi connectivity index (χ1v) is 8.60. The SMILES string of the molecule is CCN(Cc1ccccc1C(=O)O)[C@H]1CS(=O)(=O)C[C@@H]1O. The van der Waals surface area contributed by atoms with E-state index in [9.17, 15) is 23.4 Å². The number of hydrogen-bond acceptors (Lipinski definition) is 5. The minimum absolute atomic E-state index is 0.0861. The summed E-state index contributed by atoms with van der Waals surface area (Å²) in [5.41, 5.74) is 0.814. The molecule has 7 heteroatoms. The normalized spacial score (nSPS) is 24.3. The van der Waals surface area contributed by atoms with Crippen LogP contribution in [-0.2, 0) is 16.4 Å². The second-order valence-corrected chi connectivity index (χ2v) is 7.39. The van der Waals surface area contributed by atoms with E-state index < -0.39 is 28.0 Å². The number of aliphatic hydroxyl groups excluding tert-OH is 1. The monoisotopic (exact) mass is 313 g/mol. The fourth-order valence-electron chi connectivity index (χ4n) is 2.71. The molecule has 21 heavy (non-hydrogen) atoms. The number of rotatable bonds is 5. The summed E-state index contributed by atoms with van der Waals surface area (Å²) in [4.78, 5) is 13.0. The first kappa shape index (κ1) is 15.9. The molecule has 0 amide bonds. The van der Waals surface area contributed by atoms with Crippen LogP contribution in [0, 0.1) is 0 Å². The number of hydrogen-bond donors (Lipinski definition) is 2. The van der Waals surface area contributed by atoms with Crippen molar-refractivity contribution in [1.29, 1.82) is 0 Å². The summed E-state index contributed by atoms with van der Waals surface area (Å²) in [5.74, 6) is -1.33. The predicted octanol–water partition coefficient (Wildman–Crippen LogP) is 0.365. The van der Waals surface area contributed by atoms with Gasteiger partial charge in [-0.2, -0.15) is 0 Å². The molecule has 0 radical (unpaired) electrons. The average molecular weight is 313 g/mol. The Kier molecular flexibility index (Phi) is 4.65. The molecular weight excluding hydrogens is 294 g/mol. The van der Waals surface area contributed by atoms with Crippen LogP contribution >= 0.6 is 0 Å². The van der Waals surface area contributed by atoms with Gasteiger partial charge in [0.1, 0.15) is 0 Å². The molecule has 0 unspecified atom stereocenters. The van der Waals surface area contributed by atoms with Crippen molar-refractivity contribution in [3.05, 3.63) is 35.4 Å². The summed E-state index contributed by atoms with van der Waals surface area (Å²) in [7, 11) is -3.23. The maximum Gasteiger partial charge on any atom is 0.336 e. The van der Waals surface area contributed by atoms with E-state index in [0.717, 1.165) is 0 Å². The molecule has 1 fully saturated rings. The molecule has 2 N–H and O–H groups in total. The minimum Gasteiger partial charge on any atom is -0.478 e. The number of carboxylic acids is 1. The minimum atomic E-state index is -3.23. The second-order valence-electron chi connectivity index (χ2n) is 5.24. The lowest BCUT2D eigenvalue weighted by molar-refractivity contribution is 0.0686. The molecule has 2 atom stereocenters. The van der Waals surface area contributed by atoms with Crippen LogP contribution in [0.3, 0.4) is 0 Å². The number of aliphatic hydroxyl groups is 1. The van der Waals surface area contributed by atoms with Gasteiger partial charge in [-0.05, 0) is 18.2 Å². The Bertz CT molecular complexity index is 628. The number of aromatic carboxylic acids is 1. The van der Waals surface area contributed by atoms with Gasteiger partial charge in [0.05, 0.1) is 29.2 Å². The molecule has 0 saturated carbocycles. The Balaban J connectivity index is 2.23. The third kappa shape index (κ3) is 3.61. The largest absolute Gasteiger partial charge is 0.478 e. The van der Waals surface area contributed by atoms with Gasteiger partial charge in [0.2, 0.25) is 0 Å². The molecule has 1 aromatic rings. The average Bonchev–Trinajstić information content (AvgIpc) is 2.69. The van der Waals surface area contributed by atoms with E-state index in [1.54, 1.807) is 18.2 Å². The number of sulfone groups is 1. The molecular formula is C14H19NO5S. The van der Waals surface area contributed by atoms with Crippen molar-refractivity contribution >= 4 is 15.8 Å². The third-order valence-corrected chi connectivity index (χ3v) is 5.49. The van der Waals surface area contributed by atoms with Gasteiger partial charge in [-0.25, -0.2) is 13.2 Å². The summed E-state index contributed by atoms with van der Waals surface area (Å²) in [5, 5.41) is 19.1. The topological polar surface area (TPSA) is 94.9 Å². The number of carboxylic acid groups (broad SMARTS) is 1. The van der Waals surface area contributed by atoms with Crippen molar-refractivity contribution in [3.63, 3.8) is 0 Å². The molecule has 0 spiro atoms. The summed E-state index contributed by atoms with van der Waals surface area (Å²) in [6.07, 6.45) is -0.924. The number of carbonyl (C=O) groups is 1. The standard InChI is InChI=1S/C14H19NO5S/c1-2-15(12-8-21(19,20)9-13(12)16)7-10-5-3-4-6-11(10)14(17)18/h3-6,12-13,16H,2,7-9H2,1H3,(H,17,18)/t12-,13-/m0/s1. The smallest absolute Gasteiger partial charge is 0.336 e. The number of benzene rings is 1. The highest BCUT2D eigenvalue weighted by atomic mass is 32.2. The molecule has 116 valence electrons. The summed E-state index contributed by atoms with van der Waals surface area (Å²) < 4.78 is 23.2. The molecule has 0 aromatic heterocycles.